The van der Waals surface area contributed by atoms with Crippen LogP contribution in [0.1, 0.15) is 19.3 Å². The molecule has 3 rings (SSSR count). The molecule has 388 valence electrons. The number of piperazine rings is 1. The van der Waals surface area contributed by atoms with Crippen molar-refractivity contribution in [1.29, 1.82) is 0 Å². The molecule has 0 aromatic rings. The maximum absolute atomic E-state index is 13.5. The van der Waals surface area contributed by atoms with Crippen molar-refractivity contribution in [3.05, 3.63) is 12.2 Å². The van der Waals surface area contributed by atoms with Crippen molar-refractivity contribution in [2.75, 3.05) is 163 Å². The molecule has 1 atom stereocenters. The highest BCUT2D eigenvalue weighted by Crippen LogP contribution is 2.20. The summed E-state index contributed by atoms with van der Waals surface area (Å²) in [6, 6.07) is -1.19. The van der Waals surface area contributed by atoms with Gasteiger partial charge in [-0.15, -0.1) is 0 Å². The number of hydrogen-bond acceptors (Lipinski definition) is 19. The highest BCUT2D eigenvalue weighted by molar-refractivity contribution is 8.76. The second kappa shape index (κ2) is 31.8. The van der Waals surface area contributed by atoms with E-state index in [2.05, 4.69) is 5.32 Å². The summed E-state index contributed by atoms with van der Waals surface area (Å²) in [5.41, 5.74) is 0. The van der Waals surface area contributed by atoms with E-state index in [1.165, 1.54) is 43.4 Å². The van der Waals surface area contributed by atoms with E-state index in [4.69, 9.17) is 14.2 Å². The molecule has 0 aromatic carbocycles. The number of rotatable bonds is 27. The topological polar surface area (TPSA) is 317 Å². The number of nitrogens with one attached hydrogen (secondary N) is 1. The maximum Gasteiger partial charge on any atom is 0.409 e. The summed E-state index contributed by atoms with van der Waals surface area (Å²) in [7, 11) is 4.31. The third-order valence-electron chi connectivity index (χ3n) is 11.1. The van der Waals surface area contributed by atoms with Crippen LogP contribution in [-0.4, -0.2) is 288 Å². The molecule has 6 amide bonds. The molecule has 3 aliphatic rings. The summed E-state index contributed by atoms with van der Waals surface area (Å²) in [6.45, 7) is 1.06. The van der Waals surface area contributed by atoms with Crippen LogP contribution >= 0.6 is 21.6 Å². The Balaban J connectivity index is 1.53. The number of ether oxygens (including phenoxy) is 3. The lowest BCUT2D eigenvalue weighted by molar-refractivity contribution is -0.146. The van der Waals surface area contributed by atoms with Gasteiger partial charge in [-0.2, -0.15) is 0 Å². The van der Waals surface area contributed by atoms with Crippen LogP contribution in [0.4, 0.5) is 9.59 Å². The fourth-order valence-electron chi connectivity index (χ4n) is 7.40. The molecule has 0 spiro atoms. The fraction of sp³-hybridized carbons (Fsp3) is 0.707. The molecule has 3 heterocycles. The van der Waals surface area contributed by atoms with Crippen LogP contribution in [-0.2, 0) is 52.6 Å². The summed E-state index contributed by atoms with van der Waals surface area (Å²) in [5, 5.41) is 41.4. The van der Waals surface area contributed by atoms with Gasteiger partial charge in [0, 0.05) is 148 Å². The second-order valence-electron chi connectivity index (χ2n) is 15.9. The minimum atomic E-state index is -1.22. The third-order valence-corrected chi connectivity index (χ3v) is 13.4. The van der Waals surface area contributed by atoms with Gasteiger partial charge < -0.3 is 54.7 Å². The minimum Gasteiger partial charge on any atom is -0.480 e. The van der Waals surface area contributed by atoms with Gasteiger partial charge in [0.05, 0.1) is 26.2 Å². The van der Waals surface area contributed by atoms with Crippen LogP contribution in [0.25, 0.3) is 0 Å². The number of nitrogens with zero attached hydrogens (tertiary/aromatic N) is 8. The average Bonchev–Trinajstić information content (AvgIpc) is 3.62. The molecule has 1 unspecified atom stereocenters. The molecule has 0 aliphatic carbocycles. The first-order chi connectivity index (χ1) is 33.0. The lowest BCUT2D eigenvalue weighted by atomic mass is 10.1. The van der Waals surface area contributed by atoms with E-state index < -0.39 is 53.9 Å². The number of carboxylic acid groups (broad SMARTS) is 4. The number of carbonyl (C=O) groups excluding carboxylic acids is 6. The molecule has 2 fully saturated rings. The van der Waals surface area contributed by atoms with Crippen LogP contribution in [0, 0.1) is 0 Å². The van der Waals surface area contributed by atoms with E-state index in [1.807, 2.05) is 0 Å². The summed E-state index contributed by atoms with van der Waals surface area (Å²) < 4.78 is 15.3. The first-order valence-electron chi connectivity index (χ1n) is 22.4. The summed E-state index contributed by atoms with van der Waals surface area (Å²) in [5.74, 6) is -5.42. The van der Waals surface area contributed by atoms with E-state index in [-0.39, 0.29) is 162 Å². The van der Waals surface area contributed by atoms with Crippen molar-refractivity contribution in [1.82, 2.24) is 44.5 Å². The maximum atomic E-state index is 13.5. The van der Waals surface area contributed by atoms with Crippen LogP contribution < -0.4 is 5.32 Å². The normalized spacial score (nSPS) is 17.4. The van der Waals surface area contributed by atoms with Crippen LogP contribution in [0.15, 0.2) is 12.2 Å². The molecule has 0 bridgehead atoms. The minimum absolute atomic E-state index is 0.0109. The Hall–Kier alpha value is -5.26. The molecule has 3 aliphatic heterocycles. The highest BCUT2D eigenvalue weighted by atomic mass is 33.1. The zero-order valence-electron chi connectivity index (χ0n) is 38.8. The number of aliphatic carboxylic acids is 4. The summed E-state index contributed by atoms with van der Waals surface area (Å²) >= 11 is 0. The van der Waals surface area contributed by atoms with Crippen molar-refractivity contribution in [2.45, 2.75) is 25.3 Å². The molecule has 28 heteroatoms. The van der Waals surface area contributed by atoms with Crippen molar-refractivity contribution in [3.8, 4) is 0 Å². The van der Waals surface area contributed by atoms with Crippen molar-refractivity contribution >= 4 is 81.3 Å². The second-order valence-corrected chi connectivity index (χ2v) is 18.6. The first kappa shape index (κ1) is 58.1. The van der Waals surface area contributed by atoms with Crippen LogP contribution in [0.5, 0.6) is 0 Å². The Kier molecular flexibility index (Phi) is 26.7. The monoisotopic (exact) mass is 1020 g/mol. The standard InChI is InChI=1S/C41H65N9O17S2/c1-65-23-7-42-40(63)66-24-26-68-69-27-25-67-41(64)49(21-22-50-34(53)4-5-35(50)54)8-6-33(52)48-19-17-47(18-20-48)32(51)3-2-31(39(61)62)46-15-13-44(29-37(57)58)11-9-43(28-36(55)56)10-12-45(14-16-46)30-38(59)60/h4-5,31H,2-3,6-30H2,1H3,(H,42,63)(H,55,56)(H,57,58)(H,59,60)(H,61,62). The number of carboxylic acids is 4. The zero-order chi connectivity index (χ0) is 50.7. The SMILES string of the molecule is COCCNC(=O)OCCSSCCOC(=O)N(CCC(=O)N1CCN(C(=O)CCC(C(=O)O)N2CCN(CC(=O)O)CCN(CC(=O)O)CCN(CC(=O)O)CC2)CC1)CCN1C(=O)C=CC1=O. The van der Waals surface area contributed by atoms with E-state index in [1.54, 1.807) is 19.6 Å². The van der Waals surface area contributed by atoms with Crippen molar-refractivity contribution in [2.24, 2.45) is 0 Å². The molecule has 0 saturated carbocycles. The lowest BCUT2D eigenvalue weighted by Gasteiger charge is -2.36. The van der Waals surface area contributed by atoms with Gasteiger partial charge in [0.15, 0.2) is 0 Å². The Morgan fingerprint density at radius 2 is 1.10 bits per heavy atom. The van der Waals surface area contributed by atoms with Gasteiger partial charge in [0.2, 0.25) is 11.8 Å². The highest BCUT2D eigenvalue weighted by Gasteiger charge is 2.32. The van der Waals surface area contributed by atoms with Crippen LogP contribution in [0.2, 0.25) is 0 Å². The summed E-state index contributed by atoms with van der Waals surface area (Å²) in [4.78, 5) is 135. The number of hydrogen-bond donors (Lipinski definition) is 5. The quantitative estimate of drug-likeness (QED) is 0.0334. The van der Waals surface area contributed by atoms with Crippen molar-refractivity contribution in [3.63, 3.8) is 0 Å². The molecule has 0 aromatic heterocycles. The molecular formula is C41H65N9O17S2. The largest absolute Gasteiger partial charge is 0.480 e. The first-order valence-corrected chi connectivity index (χ1v) is 24.9. The smallest absolute Gasteiger partial charge is 0.409 e. The number of alkyl carbamates (subject to hydrolysis) is 1. The molecule has 69 heavy (non-hydrogen) atoms. The Morgan fingerprint density at radius 1 is 0.638 bits per heavy atom. The van der Waals surface area contributed by atoms with E-state index in [9.17, 15) is 68.4 Å². The molecule has 2 saturated heterocycles. The fourth-order valence-corrected chi connectivity index (χ4v) is 9.05. The van der Waals surface area contributed by atoms with Gasteiger partial charge in [-0.3, -0.25) is 62.9 Å². The Bertz CT molecular complexity index is 1740. The third kappa shape index (κ3) is 22.8. The Morgan fingerprint density at radius 3 is 1.57 bits per heavy atom. The summed E-state index contributed by atoms with van der Waals surface area (Å²) in [6.07, 6.45) is 0.524. The number of methoxy groups -OCH3 is 1. The van der Waals surface area contributed by atoms with E-state index in [0.29, 0.717) is 24.7 Å². The molecule has 0 radical (unpaired) electrons. The molecular weight excluding hydrogens is 955 g/mol. The van der Waals surface area contributed by atoms with Gasteiger partial charge in [-0.25, -0.2) is 9.59 Å². The Labute approximate surface area is 407 Å². The molecule has 5 N–H and O–H groups in total. The van der Waals surface area contributed by atoms with Crippen molar-refractivity contribution < 1.29 is 82.6 Å². The van der Waals surface area contributed by atoms with Crippen LogP contribution in [0.3, 0.4) is 0 Å². The predicted octanol–water partition coefficient (Wildman–Crippen LogP) is -2.13. The average molecular weight is 1020 g/mol. The lowest BCUT2D eigenvalue weighted by Crippen LogP contribution is -2.53. The van der Waals surface area contributed by atoms with Gasteiger partial charge in [-0.1, -0.05) is 21.6 Å². The van der Waals surface area contributed by atoms with Gasteiger partial charge in [0.25, 0.3) is 11.8 Å². The molecule has 26 nitrogen and oxygen atoms in total. The number of amides is 6. The van der Waals surface area contributed by atoms with Gasteiger partial charge >= 0.3 is 36.1 Å². The van der Waals surface area contributed by atoms with E-state index >= 15 is 0 Å². The number of carbonyl (C=O) groups is 10. The zero-order valence-corrected chi connectivity index (χ0v) is 40.4. The van der Waals surface area contributed by atoms with E-state index in [0.717, 1.165) is 17.1 Å². The van der Waals surface area contributed by atoms with Gasteiger partial charge in [-0.05, 0) is 6.42 Å². The predicted molar refractivity (Wildman–Crippen MR) is 247 cm³/mol. The van der Waals surface area contributed by atoms with Gasteiger partial charge in [0.1, 0.15) is 19.3 Å². The number of imide groups is 1.